The molecule has 1 saturated carbocycles. The smallest absolute Gasteiger partial charge is 0.338 e. The molecule has 2 fully saturated rings. The lowest BCUT2D eigenvalue weighted by atomic mass is 9.94. The highest BCUT2D eigenvalue weighted by Gasteiger charge is 2.33. The molecule has 7 nitrogen and oxygen atoms in total. The van der Waals surface area contributed by atoms with Gasteiger partial charge in [0.2, 0.25) is 5.91 Å². The fraction of sp³-hybridized carbons (Fsp3) is 0.500. The minimum Gasteiger partial charge on any atom is -0.449 e. The lowest BCUT2D eigenvalue weighted by Crippen LogP contribution is -2.47. The number of carbonyl (C=O) groups excluding carboxylic acids is 3. The average molecular weight is 456 g/mol. The first-order valence-corrected chi connectivity index (χ1v) is 12.2. The third-order valence-electron chi connectivity index (χ3n) is 6.17. The van der Waals surface area contributed by atoms with E-state index in [2.05, 4.69) is 4.98 Å². The largest absolute Gasteiger partial charge is 0.449 e. The van der Waals surface area contributed by atoms with Crippen LogP contribution in [0.15, 0.2) is 35.8 Å². The van der Waals surface area contributed by atoms with Crippen LogP contribution in [0.25, 0.3) is 0 Å². The van der Waals surface area contributed by atoms with Gasteiger partial charge in [0.1, 0.15) is 0 Å². The van der Waals surface area contributed by atoms with Crippen LogP contribution < -0.4 is 4.90 Å². The van der Waals surface area contributed by atoms with E-state index < -0.39 is 12.1 Å². The highest BCUT2D eigenvalue weighted by molar-refractivity contribution is 7.13. The van der Waals surface area contributed by atoms with Gasteiger partial charge in [0, 0.05) is 37.1 Å². The van der Waals surface area contributed by atoms with E-state index in [1.165, 1.54) is 17.8 Å². The van der Waals surface area contributed by atoms with Crippen LogP contribution >= 0.6 is 11.3 Å². The van der Waals surface area contributed by atoms with Gasteiger partial charge in [0.05, 0.1) is 5.56 Å². The Hall–Kier alpha value is -2.74. The van der Waals surface area contributed by atoms with Crippen molar-refractivity contribution in [2.24, 2.45) is 0 Å². The number of rotatable bonds is 7. The summed E-state index contributed by atoms with van der Waals surface area (Å²) in [4.78, 5) is 45.7. The molecule has 2 aliphatic rings. The van der Waals surface area contributed by atoms with Crippen molar-refractivity contribution >= 4 is 34.3 Å². The van der Waals surface area contributed by atoms with Gasteiger partial charge in [-0.1, -0.05) is 31.4 Å². The number of carbonyl (C=O) groups is 3. The number of aromatic nitrogens is 1. The third kappa shape index (κ3) is 5.18. The number of hydrogen-bond acceptors (Lipinski definition) is 6. The van der Waals surface area contributed by atoms with Gasteiger partial charge in [-0.15, -0.1) is 11.3 Å². The minimum atomic E-state index is -0.907. The molecule has 2 aromatic rings. The molecule has 0 spiro atoms. The maximum Gasteiger partial charge on any atom is 0.338 e. The predicted molar refractivity (Wildman–Crippen MR) is 122 cm³/mol. The fourth-order valence-corrected chi connectivity index (χ4v) is 5.13. The second-order valence-electron chi connectivity index (χ2n) is 8.48. The zero-order chi connectivity index (χ0) is 22.5. The van der Waals surface area contributed by atoms with Crippen LogP contribution in [0.5, 0.6) is 0 Å². The van der Waals surface area contributed by atoms with Gasteiger partial charge in [0.15, 0.2) is 11.2 Å². The first-order valence-electron chi connectivity index (χ1n) is 11.3. The van der Waals surface area contributed by atoms with E-state index in [9.17, 15) is 14.4 Å². The van der Waals surface area contributed by atoms with Crippen molar-refractivity contribution in [2.75, 3.05) is 11.4 Å². The van der Waals surface area contributed by atoms with E-state index in [0.717, 1.165) is 44.2 Å². The Morgan fingerprint density at radius 1 is 1.19 bits per heavy atom. The number of benzene rings is 1. The first-order chi connectivity index (χ1) is 15.5. The first kappa shape index (κ1) is 22.5. The lowest BCUT2D eigenvalue weighted by molar-refractivity contribution is -0.128. The van der Waals surface area contributed by atoms with Crippen molar-refractivity contribution in [3.63, 3.8) is 0 Å². The summed E-state index contributed by atoms with van der Waals surface area (Å²) in [6.07, 6.45) is 7.52. The molecule has 2 heterocycles. The second-order valence-corrected chi connectivity index (χ2v) is 9.35. The number of hydrogen-bond donors (Lipinski definition) is 0. The average Bonchev–Trinajstić information content (AvgIpc) is 3.47. The maximum atomic E-state index is 13.3. The number of ether oxygens (including phenoxy) is 1. The standard InChI is InChI=1S/C24H29N3O4S/c1-17(22(29)27(24-25-13-15-32-24)20-6-3-2-4-7-20)31-23(30)19-11-9-18(10-12-19)16-26-14-5-8-21(26)28/h9-13,15,17,20H,2-8,14,16H2,1H3/t17-/m1/s1. The second kappa shape index (κ2) is 10.3. The SMILES string of the molecule is C[C@@H](OC(=O)c1ccc(CN2CCCC2=O)cc1)C(=O)N(c1nccs1)C1CCCCC1. The molecule has 8 heteroatoms. The predicted octanol–water partition coefficient (Wildman–Crippen LogP) is 4.18. The third-order valence-corrected chi connectivity index (χ3v) is 6.94. The Bertz CT molecular complexity index is 939. The van der Waals surface area contributed by atoms with Crippen molar-refractivity contribution in [1.29, 1.82) is 0 Å². The van der Waals surface area contributed by atoms with Crippen LogP contribution in [0, 0.1) is 0 Å². The molecule has 0 N–H and O–H groups in total. The topological polar surface area (TPSA) is 79.8 Å². The highest BCUT2D eigenvalue weighted by Crippen LogP contribution is 2.29. The van der Waals surface area contributed by atoms with Crippen LogP contribution in [-0.2, 0) is 20.9 Å². The van der Waals surface area contributed by atoms with Crippen LogP contribution in [0.4, 0.5) is 5.13 Å². The van der Waals surface area contributed by atoms with Crippen LogP contribution in [0.3, 0.4) is 0 Å². The zero-order valence-corrected chi connectivity index (χ0v) is 19.2. The molecule has 1 aromatic carbocycles. The van der Waals surface area contributed by atoms with Gasteiger partial charge in [0.25, 0.3) is 5.91 Å². The Morgan fingerprint density at radius 2 is 1.94 bits per heavy atom. The number of nitrogens with zero attached hydrogens (tertiary/aromatic N) is 3. The number of thiazole rings is 1. The van der Waals surface area contributed by atoms with Crippen LogP contribution in [0.1, 0.15) is 67.8 Å². The molecule has 0 bridgehead atoms. The Morgan fingerprint density at radius 3 is 2.56 bits per heavy atom. The number of esters is 1. The van der Waals surface area contributed by atoms with Crippen molar-refractivity contribution in [3.8, 4) is 0 Å². The Balaban J connectivity index is 1.39. The Kier molecular flexibility index (Phi) is 7.19. The monoisotopic (exact) mass is 455 g/mol. The van der Waals surface area contributed by atoms with Crippen LogP contribution in [0.2, 0.25) is 0 Å². The van der Waals surface area contributed by atoms with Gasteiger partial charge in [-0.05, 0) is 43.9 Å². The fourth-order valence-electron chi connectivity index (χ4n) is 4.42. The summed E-state index contributed by atoms with van der Waals surface area (Å²) in [5.74, 6) is -0.592. The summed E-state index contributed by atoms with van der Waals surface area (Å²) in [5.41, 5.74) is 1.35. The molecular formula is C24H29N3O4S. The quantitative estimate of drug-likeness (QED) is 0.585. The van der Waals surface area contributed by atoms with Gasteiger partial charge in [-0.2, -0.15) is 0 Å². The molecular weight excluding hydrogens is 426 g/mol. The molecule has 1 aliphatic heterocycles. The maximum absolute atomic E-state index is 13.3. The van der Waals surface area contributed by atoms with Crippen LogP contribution in [-0.4, -0.2) is 46.4 Å². The molecule has 1 aromatic heterocycles. The van der Waals surface area contributed by atoms with E-state index in [1.807, 2.05) is 22.4 Å². The molecule has 170 valence electrons. The molecule has 1 saturated heterocycles. The molecule has 2 amide bonds. The van der Waals surface area contributed by atoms with Crippen molar-refractivity contribution in [1.82, 2.24) is 9.88 Å². The minimum absolute atomic E-state index is 0.0936. The summed E-state index contributed by atoms with van der Waals surface area (Å²) in [6.45, 7) is 2.95. The Labute approximate surface area is 192 Å². The van der Waals surface area contributed by atoms with Crippen molar-refractivity contribution < 1.29 is 19.1 Å². The number of anilines is 1. The van der Waals surface area contributed by atoms with Gasteiger partial charge in [-0.25, -0.2) is 9.78 Å². The van der Waals surface area contributed by atoms with Gasteiger partial charge < -0.3 is 9.64 Å². The van der Waals surface area contributed by atoms with E-state index in [1.54, 1.807) is 30.2 Å². The van der Waals surface area contributed by atoms with E-state index >= 15 is 0 Å². The molecule has 0 radical (unpaired) electrons. The summed E-state index contributed by atoms with van der Waals surface area (Å²) in [6, 6.07) is 7.14. The van der Waals surface area contributed by atoms with E-state index in [4.69, 9.17) is 4.74 Å². The van der Waals surface area contributed by atoms with E-state index in [-0.39, 0.29) is 17.9 Å². The highest BCUT2D eigenvalue weighted by atomic mass is 32.1. The zero-order valence-electron chi connectivity index (χ0n) is 18.4. The molecule has 0 unspecified atom stereocenters. The van der Waals surface area contributed by atoms with Crippen molar-refractivity contribution in [3.05, 3.63) is 47.0 Å². The summed E-state index contributed by atoms with van der Waals surface area (Å²) in [5, 5.41) is 2.51. The van der Waals surface area contributed by atoms with E-state index in [0.29, 0.717) is 23.7 Å². The number of amides is 2. The summed E-state index contributed by atoms with van der Waals surface area (Å²) < 4.78 is 5.54. The summed E-state index contributed by atoms with van der Waals surface area (Å²) in [7, 11) is 0. The summed E-state index contributed by atoms with van der Waals surface area (Å²) >= 11 is 1.43. The van der Waals surface area contributed by atoms with Gasteiger partial charge in [-0.3, -0.25) is 14.5 Å². The lowest BCUT2D eigenvalue weighted by Gasteiger charge is -2.33. The molecule has 32 heavy (non-hydrogen) atoms. The molecule has 4 rings (SSSR count). The molecule has 1 aliphatic carbocycles. The number of likely N-dealkylation sites (tertiary alicyclic amines) is 1. The normalized spacial score (nSPS) is 17.9. The van der Waals surface area contributed by atoms with Gasteiger partial charge >= 0.3 is 5.97 Å². The molecule has 1 atom stereocenters. The van der Waals surface area contributed by atoms with Crippen molar-refractivity contribution in [2.45, 2.75) is 70.6 Å².